The third kappa shape index (κ3) is 2.94. The summed E-state index contributed by atoms with van der Waals surface area (Å²) in [5.41, 5.74) is 6.29. The molecule has 0 aliphatic carbocycles. The van der Waals surface area contributed by atoms with Gasteiger partial charge in [0.1, 0.15) is 12.2 Å². The maximum Gasteiger partial charge on any atom is 0.337 e. The second-order valence-electron chi connectivity index (χ2n) is 3.53. The van der Waals surface area contributed by atoms with Crippen LogP contribution in [0.1, 0.15) is 22.0 Å². The molecule has 0 fully saturated rings. The Morgan fingerprint density at radius 3 is 2.59 bits per heavy atom. The lowest BCUT2D eigenvalue weighted by Crippen LogP contribution is -2.23. The van der Waals surface area contributed by atoms with E-state index in [0.29, 0.717) is 0 Å². The highest BCUT2D eigenvalue weighted by molar-refractivity contribution is 5.90. The Balaban J connectivity index is 3.01. The molecule has 0 heterocycles. The van der Waals surface area contributed by atoms with E-state index >= 15 is 0 Å². The number of esters is 1. The predicted octanol–water partition coefficient (Wildman–Crippen LogP) is -0.558. The van der Waals surface area contributed by atoms with Crippen molar-refractivity contribution in [3.05, 3.63) is 29.3 Å². The first-order valence-corrected chi connectivity index (χ1v) is 4.96. The van der Waals surface area contributed by atoms with Crippen molar-refractivity contribution in [2.24, 2.45) is 0 Å². The standard InChI is InChI=1S/C11H15NO5/c1-17-11(16)6-2-3-7(8(12)4-6)10(15)9(14)5-13/h2-4,9-10,13-15H,5,12H2,1H3. The normalized spacial score (nSPS) is 14.1. The maximum atomic E-state index is 11.2. The van der Waals surface area contributed by atoms with Gasteiger partial charge in [0.15, 0.2) is 0 Å². The van der Waals surface area contributed by atoms with E-state index in [9.17, 15) is 15.0 Å². The summed E-state index contributed by atoms with van der Waals surface area (Å²) in [6, 6.07) is 4.17. The largest absolute Gasteiger partial charge is 0.465 e. The van der Waals surface area contributed by atoms with Crippen LogP contribution >= 0.6 is 0 Å². The van der Waals surface area contributed by atoms with Gasteiger partial charge in [-0.25, -0.2) is 4.79 Å². The predicted molar refractivity (Wildman–Crippen MR) is 60.2 cm³/mol. The first-order chi connectivity index (χ1) is 8.01. The summed E-state index contributed by atoms with van der Waals surface area (Å²) >= 11 is 0. The molecule has 0 bridgehead atoms. The lowest BCUT2D eigenvalue weighted by Gasteiger charge is -2.18. The SMILES string of the molecule is COC(=O)c1ccc(C(O)C(O)CO)c(N)c1. The minimum atomic E-state index is -1.32. The van der Waals surface area contributed by atoms with Crippen molar-refractivity contribution in [2.75, 3.05) is 19.5 Å². The number of hydrogen-bond acceptors (Lipinski definition) is 6. The molecule has 0 saturated carbocycles. The van der Waals surface area contributed by atoms with Crippen molar-refractivity contribution in [3.63, 3.8) is 0 Å². The van der Waals surface area contributed by atoms with E-state index < -0.39 is 24.8 Å². The van der Waals surface area contributed by atoms with Crippen LogP contribution in [0, 0.1) is 0 Å². The molecule has 6 heteroatoms. The van der Waals surface area contributed by atoms with Crippen LogP contribution in [0.2, 0.25) is 0 Å². The Bertz CT molecular complexity index is 407. The van der Waals surface area contributed by atoms with Crippen LogP contribution in [0.4, 0.5) is 5.69 Å². The summed E-state index contributed by atoms with van der Waals surface area (Å²) in [6.45, 7) is -0.584. The summed E-state index contributed by atoms with van der Waals surface area (Å²) in [7, 11) is 1.25. The quantitative estimate of drug-likeness (QED) is 0.415. The van der Waals surface area contributed by atoms with E-state index in [1.807, 2.05) is 0 Å². The number of aliphatic hydroxyl groups excluding tert-OH is 3. The first kappa shape index (κ1) is 13.4. The lowest BCUT2D eigenvalue weighted by molar-refractivity contribution is -0.0149. The molecule has 6 nitrogen and oxygen atoms in total. The fourth-order valence-corrected chi connectivity index (χ4v) is 1.40. The van der Waals surface area contributed by atoms with Crippen LogP contribution < -0.4 is 5.73 Å². The highest BCUT2D eigenvalue weighted by Crippen LogP contribution is 2.24. The van der Waals surface area contributed by atoms with Gasteiger partial charge in [-0.2, -0.15) is 0 Å². The molecule has 0 spiro atoms. The summed E-state index contributed by atoms with van der Waals surface area (Å²) in [5.74, 6) is -0.541. The summed E-state index contributed by atoms with van der Waals surface area (Å²) in [6.07, 6.45) is -2.62. The van der Waals surface area contributed by atoms with Gasteiger partial charge in [0, 0.05) is 11.3 Å². The first-order valence-electron chi connectivity index (χ1n) is 4.96. The Morgan fingerprint density at radius 1 is 1.47 bits per heavy atom. The van der Waals surface area contributed by atoms with Crippen molar-refractivity contribution < 1.29 is 24.9 Å². The molecule has 1 aromatic rings. The van der Waals surface area contributed by atoms with Gasteiger partial charge in [-0.05, 0) is 12.1 Å². The van der Waals surface area contributed by atoms with E-state index in [-0.39, 0.29) is 16.8 Å². The van der Waals surface area contributed by atoms with Gasteiger partial charge in [0.2, 0.25) is 0 Å². The molecular formula is C11H15NO5. The van der Waals surface area contributed by atoms with Gasteiger partial charge in [-0.3, -0.25) is 0 Å². The zero-order valence-corrected chi connectivity index (χ0v) is 9.33. The number of carbonyl (C=O) groups excluding carboxylic acids is 1. The van der Waals surface area contributed by atoms with Crippen molar-refractivity contribution in [3.8, 4) is 0 Å². The maximum absolute atomic E-state index is 11.2. The summed E-state index contributed by atoms with van der Waals surface area (Å²) < 4.78 is 4.51. The van der Waals surface area contributed by atoms with Gasteiger partial charge in [-0.15, -0.1) is 0 Å². The molecule has 5 N–H and O–H groups in total. The molecule has 0 saturated heterocycles. The van der Waals surface area contributed by atoms with E-state index in [0.717, 1.165) is 0 Å². The topological polar surface area (TPSA) is 113 Å². The van der Waals surface area contributed by atoms with E-state index in [1.165, 1.54) is 25.3 Å². The highest BCUT2D eigenvalue weighted by atomic mass is 16.5. The highest BCUT2D eigenvalue weighted by Gasteiger charge is 2.20. The van der Waals surface area contributed by atoms with Crippen LogP contribution in [0.5, 0.6) is 0 Å². The van der Waals surface area contributed by atoms with Crippen molar-refractivity contribution in [1.29, 1.82) is 0 Å². The molecule has 0 aliphatic heterocycles. The number of ether oxygens (including phenoxy) is 1. The number of aliphatic hydroxyl groups is 3. The number of anilines is 1. The number of benzene rings is 1. The molecule has 94 valence electrons. The molecule has 0 radical (unpaired) electrons. The molecule has 0 aliphatic rings. The van der Waals surface area contributed by atoms with Gasteiger partial charge in [0.25, 0.3) is 0 Å². The van der Waals surface area contributed by atoms with Crippen LogP contribution in [-0.2, 0) is 4.74 Å². The monoisotopic (exact) mass is 241 g/mol. The molecule has 2 unspecified atom stereocenters. The molecule has 1 rings (SSSR count). The van der Waals surface area contributed by atoms with E-state index in [2.05, 4.69) is 4.74 Å². The van der Waals surface area contributed by atoms with Gasteiger partial charge in [-0.1, -0.05) is 6.07 Å². The number of methoxy groups -OCH3 is 1. The Morgan fingerprint density at radius 2 is 2.12 bits per heavy atom. The Labute approximate surface area is 98.3 Å². The minimum Gasteiger partial charge on any atom is -0.465 e. The average Bonchev–Trinajstić information content (AvgIpc) is 2.35. The third-order valence-corrected chi connectivity index (χ3v) is 2.38. The smallest absolute Gasteiger partial charge is 0.337 e. The summed E-state index contributed by atoms with van der Waals surface area (Å²) in [5, 5.41) is 27.6. The van der Waals surface area contributed by atoms with Gasteiger partial charge < -0.3 is 25.8 Å². The van der Waals surface area contributed by atoms with Crippen molar-refractivity contribution in [1.82, 2.24) is 0 Å². The van der Waals surface area contributed by atoms with Crippen LogP contribution in [0.15, 0.2) is 18.2 Å². The van der Waals surface area contributed by atoms with Crippen molar-refractivity contribution in [2.45, 2.75) is 12.2 Å². The Kier molecular flexibility index (Phi) is 4.45. The van der Waals surface area contributed by atoms with E-state index in [1.54, 1.807) is 0 Å². The zero-order valence-electron chi connectivity index (χ0n) is 9.33. The third-order valence-electron chi connectivity index (χ3n) is 2.38. The number of nitrogen functional groups attached to an aromatic ring is 1. The van der Waals surface area contributed by atoms with Crippen LogP contribution in [-0.4, -0.2) is 41.1 Å². The van der Waals surface area contributed by atoms with Gasteiger partial charge in [0.05, 0.1) is 19.3 Å². The average molecular weight is 241 g/mol. The van der Waals surface area contributed by atoms with Crippen molar-refractivity contribution >= 4 is 11.7 Å². The fourth-order valence-electron chi connectivity index (χ4n) is 1.40. The number of hydrogen-bond donors (Lipinski definition) is 4. The molecule has 0 aromatic heterocycles. The number of nitrogens with two attached hydrogens (primary N) is 1. The molecule has 1 aromatic carbocycles. The minimum absolute atomic E-state index is 0.146. The summed E-state index contributed by atoms with van der Waals surface area (Å²) in [4.78, 5) is 11.2. The van der Waals surface area contributed by atoms with E-state index in [4.69, 9.17) is 10.8 Å². The number of rotatable bonds is 4. The van der Waals surface area contributed by atoms with Crippen LogP contribution in [0.25, 0.3) is 0 Å². The lowest BCUT2D eigenvalue weighted by atomic mass is 10.0. The molecular weight excluding hydrogens is 226 g/mol. The Hall–Kier alpha value is -1.63. The second kappa shape index (κ2) is 5.62. The van der Waals surface area contributed by atoms with Gasteiger partial charge >= 0.3 is 5.97 Å². The number of carbonyl (C=O) groups is 1. The molecule has 17 heavy (non-hydrogen) atoms. The zero-order chi connectivity index (χ0) is 13.0. The van der Waals surface area contributed by atoms with Crippen LogP contribution in [0.3, 0.4) is 0 Å². The molecule has 0 amide bonds. The second-order valence-corrected chi connectivity index (χ2v) is 3.53. The molecule has 2 atom stereocenters. The fraction of sp³-hybridized carbons (Fsp3) is 0.364.